The standard InChI is InChI=1S/C21H21F2N3O3S/c1-21(2)20(24)26-17(11-30(21)27)13-7-12(3-4-14(13)22)8-15(23)16-9-18-19(10-25-16)29-6-5-28-18/h3-4,7-10,17H,5-6,11H2,1-2H3,(H2,24,26)/b15-8-. The van der Waals surface area contributed by atoms with Gasteiger partial charge < -0.3 is 15.2 Å². The largest absolute Gasteiger partial charge is 0.486 e. The van der Waals surface area contributed by atoms with Crippen molar-refractivity contribution in [2.24, 2.45) is 10.7 Å². The van der Waals surface area contributed by atoms with Gasteiger partial charge in [-0.1, -0.05) is 6.07 Å². The zero-order valence-electron chi connectivity index (χ0n) is 16.5. The number of fused-ring (bicyclic) bond motifs is 1. The Morgan fingerprint density at radius 2 is 2.00 bits per heavy atom. The maximum Gasteiger partial charge on any atom is 0.179 e. The lowest BCUT2D eigenvalue weighted by Crippen LogP contribution is -2.47. The lowest BCUT2D eigenvalue weighted by Gasteiger charge is -2.31. The summed E-state index contributed by atoms with van der Waals surface area (Å²) in [6.07, 6.45) is 2.65. The Kier molecular flexibility index (Phi) is 5.31. The number of hydrogen-bond acceptors (Lipinski definition) is 6. The molecule has 2 aliphatic heterocycles. The summed E-state index contributed by atoms with van der Waals surface area (Å²) in [5.41, 5.74) is 6.68. The number of ether oxygens (including phenoxy) is 2. The molecule has 0 saturated carbocycles. The molecule has 0 aliphatic carbocycles. The molecular formula is C21H21F2N3O3S. The Balaban J connectivity index is 1.65. The number of halogens is 2. The number of aliphatic imine (C=N–C) groups is 1. The van der Waals surface area contributed by atoms with Crippen molar-refractivity contribution in [1.29, 1.82) is 0 Å². The summed E-state index contributed by atoms with van der Waals surface area (Å²) in [4.78, 5) is 8.40. The highest BCUT2D eigenvalue weighted by atomic mass is 32.2. The molecule has 2 unspecified atom stereocenters. The second-order valence-electron chi connectivity index (χ2n) is 7.54. The molecule has 3 heterocycles. The SMILES string of the molecule is CC1(C)C(N)=NC(c2cc(/C=C(\F)c3cc4c(cn3)OCCO4)ccc2F)CS1=O. The smallest absolute Gasteiger partial charge is 0.179 e. The summed E-state index contributed by atoms with van der Waals surface area (Å²) in [7, 11) is -1.32. The van der Waals surface area contributed by atoms with Crippen molar-refractivity contribution in [2.45, 2.75) is 24.6 Å². The van der Waals surface area contributed by atoms with Gasteiger partial charge in [0.05, 0.1) is 22.7 Å². The van der Waals surface area contributed by atoms with Gasteiger partial charge in [-0.2, -0.15) is 0 Å². The first-order valence-corrected chi connectivity index (χ1v) is 10.7. The number of nitrogens with two attached hydrogens (primary N) is 1. The third kappa shape index (κ3) is 3.81. The van der Waals surface area contributed by atoms with E-state index in [0.717, 1.165) is 0 Å². The second-order valence-corrected chi connectivity index (χ2v) is 9.58. The van der Waals surface area contributed by atoms with Gasteiger partial charge in [0.15, 0.2) is 11.5 Å². The third-order valence-corrected chi connectivity index (χ3v) is 7.10. The van der Waals surface area contributed by atoms with Crippen LogP contribution in [0.2, 0.25) is 0 Å². The summed E-state index contributed by atoms with van der Waals surface area (Å²) in [6, 6.07) is 4.95. The number of rotatable bonds is 3. The van der Waals surface area contributed by atoms with Gasteiger partial charge in [0.1, 0.15) is 36.4 Å². The number of aromatic nitrogens is 1. The van der Waals surface area contributed by atoms with E-state index in [0.29, 0.717) is 30.3 Å². The Labute approximate surface area is 175 Å². The van der Waals surface area contributed by atoms with E-state index in [4.69, 9.17) is 15.2 Å². The normalized spacial score (nSPS) is 23.1. The van der Waals surface area contributed by atoms with Crippen LogP contribution in [0, 0.1) is 5.82 Å². The molecular weight excluding hydrogens is 412 g/mol. The van der Waals surface area contributed by atoms with Gasteiger partial charge in [-0.15, -0.1) is 0 Å². The number of benzene rings is 1. The topological polar surface area (TPSA) is 86.8 Å². The van der Waals surface area contributed by atoms with E-state index in [1.807, 2.05) is 0 Å². The van der Waals surface area contributed by atoms with Crippen molar-refractivity contribution < 1.29 is 22.5 Å². The molecule has 2 aliphatic rings. The highest BCUT2D eigenvalue weighted by Crippen LogP contribution is 2.34. The minimum absolute atomic E-state index is 0.0768. The third-order valence-electron chi connectivity index (χ3n) is 5.14. The number of hydrogen-bond donors (Lipinski definition) is 1. The zero-order chi connectivity index (χ0) is 21.5. The molecule has 0 amide bonds. The summed E-state index contributed by atoms with van der Waals surface area (Å²) in [6.45, 7) is 4.28. The van der Waals surface area contributed by atoms with Crippen LogP contribution in [0.15, 0.2) is 35.5 Å². The highest BCUT2D eigenvalue weighted by molar-refractivity contribution is 7.87. The fourth-order valence-electron chi connectivity index (χ4n) is 3.20. The van der Waals surface area contributed by atoms with Crippen molar-refractivity contribution >= 4 is 28.5 Å². The average Bonchev–Trinajstić information content (AvgIpc) is 2.73. The molecule has 0 radical (unpaired) electrons. The van der Waals surface area contributed by atoms with Crippen molar-refractivity contribution in [2.75, 3.05) is 19.0 Å². The molecule has 0 bridgehead atoms. The quantitative estimate of drug-likeness (QED) is 0.802. The second kappa shape index (κ2) is 7.79. The molecule has 1 aromatic carbocycles. The predicted molar refractivity (Wildman–Crippen MR) is 112 cm³/mol. The molecule has 4 rings (SSSR count). The molecule has 30 heavy (non-hydrogen) atoms. The van der Waals surface area contributed by atoms with Crippen molar-refractivity contribution in [3.8, 4) is 11.5 Å². The van der Waals surface area contributed by atoms with Crippen LogP contribution in [-0.4, -0.2) is 38.7 Å². The Hall–Kier alpha value is -2.81. The maximum absolute atomic E-state index is 14.8. The van der Waals surface area contributed by atoms with Gasteiger partial charge >= 0.3 is 0 Å². The first-order valence-electron chi connectivity index (χ1n) is 9.40. The van der Waals surface area contributed by atoms with E-state index < -0.39 is 33.2 Å². The highest BCUT2D eigenvalue weighted by Gasteiger charge is 2.37. The molecule has 2 atom stereocenters. The minimum Gasteiger partial charge on any atom is -0.486 e. The van der Waals surface area contributed by atoms with Crippen LogP contribution in [0.3, 0.4) is 0 Å². The number of nitrogens with zero attached hydrogens (tertiary/aromatic N) is 2. The van der Waals surface area contributed by atoms with Crippen LogP contribution in [0.25, 0.3) is 11.9 Å². The van der Waals surface area contributed by atoms with Crippen LogP contribution >= 0.6 is 0 Å². The van der Waals surface area contributed by atoms with Gasteiger partial charge in [0.2, 0.25) is 0 Å². The van der Waals surface area contributed by atoms with Crippen LogP contribution in [0.5, 0.6) is 11.5 Å². The van der Waals surface area contributed by atoms with Crippen LogP contribution < -0.4 is 15.2 Å². The Bertz CT molecular complexity index is 1090. The Morgan fingerprint density at radius 3 is 2.73 bits per heavy atom. The van der Waals surface area contributed by atoms with Gasteiger partial charge in [0.25, 0.3) is 0 Å². The van der Waals surface area contributed by atoms with Crippen molar-refractivity contribution in [1.82, 2.24) is 4.98 Å². The van der Waals surface area contributed by atoms with Gasteiger partial charge in [-0.25, -0.2) is 13.8 Å². The van der Waals surface area contributed by atoms with E-state index in [9.17, 15) is 13.0 Å². The first kappa shape index (κ1) is 20.5. The van der Waals surface area contributed by atoms with Gasteiger partial charge in [0, 0.05) is 22.4 Å². The molecule has 6 nitrogen and oxygen atoms in total. The van der Waals surface area contributed by atoms with Crippen molar-refractivity contribution in [3.05, 3.63) is 53.1 Å². The predicted octanol–water partition coefficient (Wildman–Crippen LogP) is 3.40. The van der Waals surface area contributed by atoms with Gasteiger partial charge in [-0.3, -0.25) is 9.20 Å². The maximum atomic E-state index is 14.8. The first-order chi connectivity index (χ1) is 14.3. The van der Waals surface area contributed by atoms with E-state index >= 15 is 0 Å². The van der Waals surface area contributed by atoms with Crippen LogP contribution in [0.1, 0.15) is 36.7 Å². The fraction of sp³-hybridized carbons (Fsp3) is 0.333. The molecule has 0 spiro atoms. The molecule has 9 heteroatoms. The van der Waals surface area contributed by atoms with Gasteiger partial charge in [-0.05, 0) is 37.6 Å². The van der Waals surface area contributed by atoms with E-state index in [-0.39, 0.29) is 22.8 Å². The summed E-state index contributed by atoms with van der Waals surface area (Å²) in [5, 5.41) is 0. The van der Waals surface area contributed by atoms with Crippen LogP contribution in [-0.2, 0) is 10.8 Å². The molecule has 2 N–H and O–H groups in total. The summed E-state index contributed by atoms with van der Waals surface area (Å²) < 4.78 is 51.9. The summed E-state index contributed by atoms with van der Waals surface area (Å²) >= 11 is 0. The molecule has 0 fully saturated rings. The molecule has 0 saturated heterocycles. The Morgan fingerprint density at radius 1 is 1.27 bits per heavy atom. The lowest BCUT2D eigenvalue weighted by atomic mass is 10.0. The zero-order valence-corrected chi connectivity index (χ0v) is 17.3. The molecule has 1 aromatic heterocycles. The number of pyridine rings is 1. The van der Waals surface area contributed by atoms with Crippen molar-refractivity contribution in [3.63, 3.8) is 0 Å². The van der Waals surface area contributed by atoms with E-state index in [1.165, 1.54) is 36.5 Å². The average molecular weight is 433 g/mol. The van der Waals surface area contributed by atoms with E-state index in [1.54, 1.807) is 13.8 Å². The van der Waals surface area contributed by atoms with E-state index in [2.05, 4.69) is 9.98 Å². The molecule has 2 aromatic rings. The van der Waals surface area contributed by atoms with Crippen LogP contribution in [0.4, 0.5) is 8.78 Å². The number of amidine groups is 1. The summed E-state index contributed by atoms with van der Waals surface area (Å²) in [5.74, 6) is 0.120. The lowest BCUT2D eigenvalue weighted by molar-refractivity contribution is 0.170. The minimum atomic E-state index is -1.32. The fourth-order valence-corrected chi connectivity index (χ4v) is 4.44. The molecule has 158 valence electrons. The monoisotopic (exact) mass is 433 g/mol.